The van der Waals surface area contributed by atoms with Gasteiger partial charge in [0.1, 0.15) is 11.4 Å². The van der Waals surface area contributed by atoms with Crippen molar-refractivity contribution in [3.05, 3.63) is 65.9 Å². The number of hydrogen-bond donors (Lipinski definition) is 1. The first-order valence-corrected chi connectivity index (χ1v) is 9.97. The summed E-state index contributed by atoms with van der Waals surface area (Å²) in [7, 11) is 1.64. The Labute approximate surface area is 171 Å². The number of amides is 1. The highest BCUT2D eigenvalue weighted by Crippen LogP contribution is 2.28. The van der Waals surface area contributed by atoms with Crippen LogP contribution in [0, 0.1) is 6.92 Å². The predicted molar refractivity (Wildman–Crippen MR) is 114 cm³/mol. The molecular formula is C23H26N4O2. The average Bonchev–Trinajstić information content (AvgIpc) is 3.01. The third kappa shape index (κ3) is 4.17. The molecule has 2 aromatic carbocycles. The molecule has 6 heteroatoms. The molecule has 2 heterocycles. The topological polar surface area (TPSA) is 59.4 Å². The van der Waals surface area contributed by atoms with Gasteiger partial charge in [0.25, 0.3) is 5.91 Å². The molecule has 1 aliphatic rings. The Hall–Kier alpha value is -3.12. The van der Waals surface area contributed by atoms with E-state index in [2.05, 4.69) is 12.2 Å². The zero-order valence-electron chi connectivity index (χ0n) is 16.9. The first kappa shape index (κ1) is 19.2. The molecule has 1 N–H and O–H groups in total. The van der Waals surface area contributed by atoms with Crippen molar-refractivity contribution in [2.45, 2.75) is 13.3 Å². The Bertz CT molecular complexity index is 986. The molecule has 0 bridgehead atoms. The molecule has 3 aromatic rings. The van der Waals surface area contributed by atoms with Crippen LogP contribution in [0.15, 0.2) is 54.7 Å². The van der Waals surface area contributed by atoms with Crippen LogP contribution in [0.4, 0.5) is 0 Å². The van der Waals surface area contributed by atoms with Crippen molar-refractivity contribution in [1.82, 2.24) is 20.0 Å². The molecule has 1 aliphatic heterocycles. The van der Waals surface area contributed by atoms with Crippen molar-refractivity contribution in [1.29, 1.82) is 0 Å². The third-order valence-electron chi connectivity index (χ3n) is 5.21. The molecule has 1 saturated heterocycles. The van der Waals surface area contributed by atoms with E-state index in [-0.39, 0.29) is 5.91 Å². The van der Waals surface area contributed by atoms with Crippen molar-refractivity contribution in [3.63, 3.8) is 0 Å². The van der Waals surface area contributed by atoms with E-state index in [1.165, 1.54) is 5.56 Å². The van der Waals surface area contributed by atoms with Gasteiger partial charge in [-0.1, -0.05) is 29.8 Å². The minimum atomic E-state index is 0.0184. The average molecular weight is 390 g/mol. The van der Waals surface area contributed by atoms with Gasteiger partial charge in [0.05, 0.1) is 18.4 Å². The summed E-state index contributed by atoms with van der Waals surface area (Å²) in [4.78, 5) is 15.3. The summed E-state index contributed by atoms with van der Waals surface area (Å²) in [6, 6.07) is 15.8. The van der Waals surface area contributed by atoms with Gasteiger partial charge < -0.3 is 15.0 Å². The van der Waals surface area contributed by atoms with Gasteiger partial charge in [0, 0.05) is 31.4 Å². The van der Waals surface area contributed by atoms with Crippen LogP contribution in [-0.2, 0) is 0 Å². The lowest BCUT2D eigenvalue weighted by atomic mass is 10.1. The van der Waals surface area contributed by atoms with Crippen LogP contribution in [0.5, 0.6) is 5.75 Å². The van der Waals surface area contributed by atoms with Crippen LogP contribution in [0.2, 0.25) is 0 Å². The maximum absolute atomic E-state index is 13.4. The molecule has 0 saturated carbocycles. The van der Waals surface area contributed by atoms with Crippen molar-refractivity contribution in [3.8, 4) is 22.7 Å². The number of ether oxygens (including phenoxy) is 1. The number of methoxy groups -OCH3 is 1. The number of carbonyl (C=O) groups is 1. The van der Waals surface area contributed by atoms with E-state index in [1.54, 1.807) is 11.8 Å². The quantitative estimate of drug-likeness (QED) is 0.743. The highest BCUT2D eigenvalue weighted by atomic mass is 16.5. The third-order valence-corrected chi connectivity index (χ3v) is 5.21. The fourth-order valence-electron chi connectivity index (χ4n) is 3.56. The summed E-state index contributed by atoms with van der Waals surface area (Å²) in [5, 5.41) is 8.14. The Morgan fingerprint density at radius 3 is 2.72 bits per heavy atom. The molecule has 1 fully saturated rings. The lowest BCUT2D eigenvalue weighted by Crippen LogP contribution is -2.34. The Morgan fingerprint density at radius 1 is 1.10 bits per heavy atom. The van der Waals surface area contributed by atoms with Gasteiger partial charge in [-0.3, -0.25) is 4.79 Å². The van der Waals surface area contributed by atoms with Crippen LogP contribution in [0.25, 0.3) is 16.9 Å². The van der Waals surface area contributed by atoms with E-state index >= 15 is 0 Å². The van der Waals surface area contributed by atoms with E-state index in [0.717, 1.165) is 43.1 Å². The minimum Gasteiger partial charge on any atom is -0.497 e. The zero-order valence-corrected chi connectivity index (χ0v) is 16.9. The van der Waals surface area contributed by atoms with Gasteiger partial charge >= 0.3 is 0 Å². The highest BCUT2D eigenvalue weighted by molar-refractivity contribution is 6.00. The van der Waals surface area contributed by atoms with Gasteiger partial charge in [-0.25, -0.2) is 4.68 Å². The molecule has 1 amide bonds. The number of benzene rings is 2. The number of carbonyl (C=O) groups excluding carboxylic acids is 1. The maximum Gasteiger partial charge on any atom is 0.257 e. The summed E-state index contributed by atoms with van der Waals surface area (Å²) in [6.07, 6.45) is 2.80. The summed E-state index contributed by atoms with van der Waals surface area (Å²) in [5.74, 6) is 0.759. The van der Waals surface area contributed by atoms with Gasteiger partial charge in [0.2, 0.25) is 0 Å². The number of rotatable bonds is 4. The van der Waals surface area contributed by atoms with Crippen LogP contribution in [0.3, 0.4) is 0 Å². The number of nitrogens with zero attached hydrogens (tertiary/aromatic N) is 3. The van der Waals surface area contributed by atoms with Gasteiger partial charge in [-0.15, -0.1) is 0 Å². The van der Waals surface area contributed by atoms with E-state index < -0.39 is 0 Å². The van der Waals surface area contributed by atoms with Crippen molar-refractivity contribution < 1.29 is 9.53 Å². The summed E-state index contributed by atoms with van der Waals surface area (Å²) in [6.45, 7) is 5.25. The lowest BCUT2D eigenvalue weighted by Gasteiger charge is -2.19. The smallest absolute Gasteiger partial charge is 0.257 e. The zero-order chi connectivity index (χ0) is 20.2. The maximum atomic E-state index is 13.4. The number of nitrogens with one attached hydrogen (secondary N) is 1. The first-order chi connectivity index (χ1) is 14.2. The monoisotopic (exact) mass is 390 g/mol. The molecule has 0 aliphatic carbocycles. The standard InChI is InChI=1S/C23H26N4O2/c1-17-7-9-19(10-8-17)27-16-21(23(28)26-13-4-11-24-12-14-26)22(25-27)18-5-3-6-20(15-18)29-2/h3,5-10,15-16,24H,4,11-14H2,1-2H3. The van der Waals surface area contributed by atoms with E-state index in [4.69, 9.17) is 9.84 Å². The molecule has 29 heavy (non-hydrogen) atoms. The Kier molecular flexibility index (Phi) is 5.62. The SMILES string of the molecule is COc1cccc(-c2nn(-c3ccc(C)cc3)cc2C(=O)N2CCCNCC2)c1. The molecule has 0 radical (unpaired) electrons. The lowest BCUT2D eigenvalue weighted by molar-refractivity contribution is 0.0767. The minimum absolute atomic E-state index is 0.0184. The van der Waals surface area contributed by atoms with Gasteiger partial charge in [-0.05, 0) is 44.2 Å². The number of hydrogen-bond acceptors (Lipinski definition) is 4. The fraction of sp³-hybridized carbons (Fsp3) is 0.304. The number of aromatic nitrogens is 2. The van der Waals surface area contributed by atoms with Crippen LogP contribution in [-0.4, -0.2) is 53.9 Å². The van der Waals surface area contributed by atoms with Crippen LogP contribution < -0.4 is 10.1 Å². The summed E-state index contributed by atoms with van der Waals surface area (Å²) >= 11 is 0. The second kappa shape index (κ2) is 8.49. The van der Waals surface area contributed by atoms with Crippen LogP contribution in [0.1, 0.15) is 22.3 Å². The first-order valence-electron chi connectivity index (χ1n) is 9.97. The normalized spacial score (nSPS) is 14.5. The van der Waals surface area contributed by atoms with Gasteiger partial charge in [-0.2, -0.15) is 5.10 Å². The summed E-state index contributed by atoms with van der Waals surface area (Å²) < 4.78 is 7.17. The molecular weight excluding hydrogens is 364 g/mol. The Morgan fingerprint density at radius 2 is 1.93 bits per heavy atom. The molecule has 4 rings (SSSR count). The molecule has 6 nitrogen and oxygen atoms in total. The Balaban J connectivity index is 1.78. The molecule has 0 unspecified atom stereocenters. The molecule has 0 spiro atoms. The molecule has 150 valence electrons. The molecule has 0 atom stereocenters. The van der Waals surface area contributed by atoms with E-state index in [1.807, 2.05) is 59.6 Å². The summed E-state index contributed by atoms with van der Waals surface area (Å²) in [5.41, 5.74) is 4.26. The highest BCUT2D eigenvalue weighted by Gasteiger charge is 2.24. The van der Waals surface area contributed by atoms with Gasteiger partial charge in [0.15, 0.2) is 0 Å². The fourth-order valence-corrected chi connectivity index (χ4v) is 3.56. The largest absolute Gasteiger partial charge is 0.497 e. The van der Waals surface area contributed by atoms with Crippen molar-refractivity contribution in [2.24, 2.45) is 0 Å². The molecule has 1 aromatic heterocycles. The van der Waals surface area contributed by atoms with Crippen molar-refractivity contribution >= 4 is 5.91 Å². The van der Waals surface area contributed by atoms with Crippen molar-refractivity contribution in [2.75, 3.05) is 33.3 Å². The van der Waals surface area contributed by atoms with E-state index in [9.17, 15) is 4.79 Å². The second-order valence-electron chi connectivity index (χ2n) is 7.30. The predicted octanol–water partition coefficient (Wildman–Crippen LogP) is 3.29. The van der Waals surface area contributed by atoms with Crippen LogP contribution >= 0.6 is 0 Å². The van der Waals surface area contributed by atoms with E-state index in [0.29, 0.717) is 17.8 Å². The second-order valence-corrected chi connectivity index (χ2v) is 7.30. The number of aryl methyl sites for hydroxylation is 1.